The Bertz CT molecular complexity index is 614. The lowest BCUT2D eigenvalue weighted by Gasteiger charge is -2.33. The highest BCUT2D eigenvalue weighted by molar-refractivity contribution is 5.85. The first-order chi connectivity index (χ1) is 10.2. The van der Waals surface area contributed by atoms with Crippen LogP contribution in [0.2, 0.25) is 0 Å². The normalized spacial score (nSPS) is 18.7. The Morgan fingerprint density at radius 2 is 2.33 bits per heavy atom. The number of carbonyl (C=O) groups is 1. The van der Waals surface area contributed by atoms with E-state index in [-0.39, 0.29) is 5.69 Å². The average Bonchev–Trinajstić information content (AvgIpc) is 3.00. The van der Waals surface area contributed by atoms with Gasteiger partial charge < -0.3 is 10.0 Å². The molecule has 0 aromatic carbocycles. The third-order valence-electron chi connectivity index (χ3n) is 3.71. The number of carboxylic acids is 1. The van der Waals surface area contributed by atoms with Crippen LogP contribution >= 0.6 is 0 Å². The van der Waals surface area contributed by atoms with Crippen molar-refractivity contribution in [2.75, 3.05) is 18.0 Å². The summed E-state index contributed by atoms with van der Waals surface area (Å²) in [6, 6.07) is 5.12. The first kappa shape index (κ1) is 13.5. The van der Waals surface area contributed by atoms with Crippen molar-refractivity contribution >= 4 is 11.8 Å². The molecule has 1 saturated heterocycles. The topological polar surface area (TPSA) is 84.1 Å². The van der Waals surface area contributed by atoms with E-state index in [2.05, 4.69) is 20.0 Å². The van der Waals surface area contributed by atoms with Crippen molar-refractivity contribution in [1.29, 1.82) is 0 Å². The zero-order valence-electron chi connectivity index (χ0n) is 11.6. The molecule has 7 heteroatoms. The summed E-state index contributed by atoms with van der Waals surface area (Å²) in [6.07, 6.45) is 5.47. The Labute approximate surface area is 122 Å². The standard InChI is InChI=1S/C14H17N5O2/c20-14(21)12-4-1-5-13(17-12)18-6-2-3-11(7-18)8-19-10-15-9-16-19/h1,4-5,9-11H,2-3,6-8H2,(H,20,21). The van der Waals surface area contributed by atoms with Crippen molar-refractivity contribution in [2.24, 2.45) is 5.92 Å². The Kier molecular flexibility index (Phi) is 3.81. The monoisotopic (exact) mass is 287 g/mol. The Morgan fingerprint density at radius 1 is 1.43 bits per heavy atom. The van der Waals surface area contributed by atoms with Crippen molar-refractivity contribution < 1.29 is 9.90 Å². The van der Waals surface area contributed by atoms with Crippen LogP contribution in [-0.2, 0) is 6.54 Å². The van der Waals surface area contributed by atoms with Gasteiger partial charge in [0.05, 0.1) is 0 Å². The molecule has 110 valence electrons. The van der Waals surface area contributed by atoms with Crippen LogP contribution in [0, 0.1) is 5.92 Å². The fraction of sp³-hybridized carbons (Fsp3) is 0.429. The highest BCUT2D eigenvalue weighted by Crippen LogP contribution is 2.22. The zero-order chi connectivity index (χ0) is 14.7. The van der Waals surface area contributed by atoms with E-state index in [1.807, 2.05) is 10.7 Å². The van der Waals surface area contributed by atoms with Gasteiger partial charge in [0.25, 0.3) is 0 Å². The van der Waals surface area contributed by atoms with Crippen LogP contribution in [0.3, 0.4) is 0 Å². The third kappa shape index (κ3) is 3.18. The highest BCUT2D eigenvalue weighted by Gasteiger charge is 2.22. The molecule has 3 heterocycles. The van der Waals surface area contributed by atoms with Crippen LogP contribution in [-0.4, -0.2) is 43.9 Å². The number of nitrogens with zero attached hydrogens (tertiary/aromatic N) is 5. The number of anilines is 1. The lowest BCUT2D eigenvalue weighted by atomic mass is 9.98. The maximum atomic E-state index is 11.0. The summed E-state index contributed by atoms with van der Waals surface area (Å²) in [5.74, 6) is 0.210. The number of rotatable bonds is 4. The molecule has 1 aliphatic heterocycles. The van der Waals surface area contributed by atoms with E-state index in [0.29, 0.717) is 5.92 Å². The van der Waals surface area contributed by atoms with Gasteiger partial charge in [0.1, 0.15) is 18.5 Å². The van der Waals surface area contributed by atoms with E-state index in [1.54, 1.807) is 18.7 Å². The first-order valence-corrected chi connectivity index (χ1v) is 7.00. The number of carboxylic acid groups (broad SMARTS) is 1. The summed E-state index contributed by atoms with van der Waals surface area (Å²) in [5, 5.41) is 13.2. The maximum absolute atomic E-state index is 11.0. The van der Waals surface area contributed by atoms with Gasteiger partial charge in [-0.3, -0.25) is 4.68 Å². The molecule has 0 amide bonds. The third-order valence-corrected chi connectivity index (χ3v) is 3.71. The average molecular weight is 287 g/mol. The lowest BCUT2D eigenvalue weighted by Crippen LogP contribution is -2.37. The van der Waals surface area contributed by atoms with E-state index >= 15 is 0 Å². The summed E-state index contributed by atoms with van der Waals surface area (Å²) < 4.78 is 1.84. The van der Waals surface area contributed by atoms with E-state index < -0.39 is 5.97 Å². The molecule has 3 rings (SSSR count). The van der Waals surface area contributed by atoms with Crippen LogP contribution in [0.1, 0.15) is 23.3 Å². The molecule has 1 aliphatic rings. The molecule has 2 aromatic heterocycles. The van der Waals surface area contributed by atoms with Crippen molar-refractivity contribution in [1.82, 2.24) is 19.7 Å². The lowest BCUT2D eigenvalue weighted by molar-refractivity contribution is 0.0690. The summed E-state index contributed by atoms with van der Waals surface area (Å²) >= 11 is 0. The van der Waals surface area contributed by atoms with Gasteiger partial charge in [-0.05, 0) is 30.9 Å². The largest absolute Gasteiger partial charge is 0.477 e. The second kappa shape index (κ2) is 5.90. The SMILES string of the molecule is O=C(O)c1cccc(N2CCCC(Cn3cncn3)C2)n1. The van der Waals surface area contributed by atoms with Gasteiger partial charge in [0.15, 0.2) is 5.69 Å². The highest BCUT2D eigenvalue weighted by atomic mass is 16.4. The van der Waals surface area contributed by atoms with Crippen molar-refractivity contribution in [3.8, 4) is 0 Å². The van der Waals surface area contributed by atoms with Crippen molar-refractivity contribution in [2.45, 2.75) is 19.4 Å². The minimum absolute atomic E-state index is 0.0888. The quantitative estimate of drug-likeness (QED) is 0.912. The van der Waals surface area contributed by atoms with Crippen molar-refractivity contribution in [3.63, 3.8) is 0 Å². The molecule has 0 bridgehead atoms. The molecule has 21 heavy (non-hydrogen) atoms. The van der Waals surface area contributed by atoms with Crippen LogP contribution in [0.15, 0.2) is 30.9 Å². The first-order valence-electron chi connectivity index (χ1n) is 7.00. The maximum Gasteiger partial charge on any atom is 0.354 e. The van der Waals surface area contributed by atoms with Crippen LogP contribution in [0.5, 0.6) is 0 Å². The molecule has 0 spiro atoms. The van der Waals surface area contributed by atoms with Gasteiger partial charge >= 0.3 is 5.97 Å². The summed E-state index contributed by atoms with van der Waals surface area (Å²) in [7, 11) is 0. The molecular weight excluding hydrogens is 270 g/mol. The Balaban J connectivity index is 1.70. The Hall–Kier alpha value is -2.44. The van der Waals surface area contributed by atoms with Gasteiger partial charge in [-0.2, -0.15) is 5.10 Å². The summed E-state index contributed by atoms with van der Waals surface area (Å²) in [6.45, 7) is 2.59. The fourth-order valence-corrected chi connectivity index (χ4v) is 2.73. The number of aromatic carboxylic acids is 1. The van der Waals surface area contributed by atoms with Crippen LogP contribution in [0.4, 0.5) is 5.82 Å². The number of aromatic nitrogens is 4. The molecule has 1 unspecified atom stereocenters. The number of hydrogen-bond acceptors (Lipinski definition) is 5. The van der Waals surface area contributed by atoms with E-state index in [1.165, 1.54) is 6.07 Å². The number of pyridine rings is 1. The minimum atomic E-state index is -0.993. The van der Waals surface area contributed by atoms with E-state index in [4.69, 9.17) is 5.11 Å². The predicted octanol–water partition coefficient (Wildman–Crippen LogP) is 1.29. The smallest absolute Gasteiger partial charge is 0.354 e. The molecule has 0 aliphatic carbocycles. The van der Waals surface area contributed by atoms with Crippen molar-refractivity contribution in [3.05, 3.63) is 36.5 Å². The zero-order valence-corrected chi connectivity index (χ0v) is 11.6. The predicted molar refractivity (Wildman–Crippen MR) is 76.2 cm³/mol. The summed E-state index contributed by atoms with van der Waals surface area (Å²) in [4.78, 5) is 21.3. The molecule has 7 nitrogen and oxygen atoms in total. The number of hydrogen-bond donors (Lipinski definition) is 1. The fourth-order valence-electron chi connectivity index (χ4n) is 2.73. The molecule has 1 N–H and O–H groups in total. The molecule has 1 fully saturated rings. The second-order valence-electron chi connectivity index (χ2n) is 5.26. The van der Waals surface area contributed by atoms with Gasteiger partial charge in [-0.1, -0.05) is 6.07 Å². The van der Waals surface area contributed by atoms with Gasteiger partial charge in [0, 0.05) is 19.6 Å². The Morgan fingerprint density at radius 3 is 3.10 bits per heavy atom. The van der Waals surface area contributed by atoms with Gasteiger partial charge in [-0.15, -0.1) is 0 Å². The molecule has 2 aromatic rings. The van der Waals surface area contributed by atoms with E-state index in [0.717, 1.165) is 38.3 Å². The molecule has 0 radical (unpaired) electrons. The molecule has 1 atom stereocenters. The van der Waals surface area contributed by atoms with Gasteiger partial charge in [0.2, 0.25) is 0 Å². The van der Waals surface area contributed by atoms with E-state index in [9.17, 15) is 4.79 Å². The van der Waals surface area contributed by atoms with Crippen LogP contribution < -0.4 is 4.90 Å². The minimum Gasteiger partial charge on any atom is -0.477 e. The number of piperidine rings is 1. The molecular formula is C14H17N5O2. The second-order valence-corrected chi connectivity index (χ2v) is 5.26. The summed E-state index contributed by atoms with van der Waals surface area (Å²) in [5.41, 5.74) is 0.0888. The van der Waals surface area contributed by atoms with Gasteiger partial charge in [-0.25, -0.2) is 14.8 Å². The molecule has 0 saturated carbocycles. The van der Waals surface area contributed by atoms with Crippen LogP contribution in [0.25, 0.3) is 0 Å².